The zero-order valence-corrected chi connectivity index (χ0v) is 8.61. The lowest BCUT2D eigenvalue weighted by Crippen LogP contribution is -2.00. The highest BCUT2D eigenvalue weighted by Gasteiger charge is 2.17. The molecule has 0 aliphatic carbocycles. The van der Waals surface area contributed by atoms with Gasteiger partial charge in [0.25, 0.3) is 15.5 Å². The topological polar surface area (TPSA) is 47.0 Å². The van der Waals surface area contributed by atoms with Crippen LogP contribution in [0.1, 0.15) is 17.6 Å². The van der Waals surface area contributed by atoms with Crippen LogP contribution in [-0.2, 0) is 9.05 Å². The van der Waals surface area contributed by atoms with Crippen LogP contribution in [-0.4, -0.2) is 13.4 Å². The van der Waals surface area contributed by atoms with Gasteiger partial charge >= 0.3 is 0 Å². The van der Waals surface area contributed by atoms with E-state index < -0.39 is 15.5 Å². The molecule has 0 spiro atoms. The average molecular weight is 242 g/mol. The zero-order chi connectivity index (χ0) is 10.9. The number of aromatic nitrogens is 1. The molecule has 0 unspecified atom stereocenters. The van der Waals surface area contributed by atoms with E-state index in [-0.39, 0.29) is 16.2 Å². The third-order valence-corrected chi connectivity index (χ3v) is 2.86. The highest BCUT2D eigenvalue weighted by molar-refractivity contribution is 8.13. The van der Waals surface area contributed by atoms with E-state index in [0.717, 1.165) is 12.3 Å². The standard InChI is InChI=1S/C7H6ClF2NO2S/c1-4-2-5(6(9)10)3-11-7(4)14(8,12)13/h2-3,6H,1H3. The van der Waals surface area contributed by atoms with E-state index in [4.69, 9.17) is 10.7 Å². The fraction of sp³-hybridized carbons (Fsp3) is 0.286. The van der Waals surface area contributed by atoms with E-state index in [1.165, 1.54) is 6.92 Å². The summed E-state index contributed by atoms with van der Waals surface area (Å²) >= 11 is 0. The van der Waals surface area contributed by atoms with Gasteiger partial charge in [-0.25, -0.2) is 22.2 Å². The Hall–Kier alpha value is -0.750. The van der Waals surface area contributed by atoms with Crippen molar-refractivity contribution in [2.45, 2.75) is 18.4 Å². The first-order valence-corrected chi connectivity index (χ1v) is 5.82. The Bertz CT molecular complexity index is 447. The van der Waals surface area contributed by atoms with Crippen molar-refractivity contribution in [2.75, 3.05) is 0 Å². The van der Waals surface area contributed by atoms with Crippen molar-refractivity contribution in [1.29, 1.82) is 0 Å². The molecule has 0 bridgehead atoms. The first kappa shape index (κ1) is 11.3. The van der Waals surface area contributed by atoms with Crippen molar-refractivity contribution in [3.8, 4) is 0 Å². The van der Waals surface area contributed by atoms with Crippen LogP contribution in [0, 0.1) is 6.92 Å². The molecule has 1 aromatic heterocycles. The van der Waals surface area contributed by atoms with E-state index in [9.17, 15) is 17.2 Å². The fourth-order valence-electron chi connectivity index (χ4n) is 0.959. The number of halogens is 3. The minimum absolute atomic E-state index is 0.109. The van der Waals surface area contributed by atoms with Crippen LogP contribution < -0.4 is 0 Å². The zero-order valence-electron chi connectivity index (χ0n) is 7.04. The molecule has 1 aromatic rings. The lowest BCUT2D eigenvalue weighted by Gasteiger charge is -2.03. The Morgan fingerprint density at radius 1 is 1.50 bits per heavy atom. The summed E-state index contributed by atoms with van der Waals surface area (Å²) in [7, 11) is 1.06. The Kier molecular flexibility index (Phi) is 3.06. The first-order chi connectivity index (χ1) is 6.32. The molecule has 0 atom stereocenters. The molecule has 7 heteroatoms. The Morgan fingerprint density at radius 3 is 2.43 bits per heavy atom. The third kappa shape index (κ3) is 2.39. The highest BCUT2D eigenvalue weighted by Crippen LogP contribution is 2.23. The van der Waals surface area contributed by atoms with Crippen molar-refractivity contribution in [2.24, 2.45) is 0 Å². The molecule has 3 nitrogen and oxygen atoms in total. The maximum absolute atomic E-state index is 12.2. The molecule has 0 amide bonds. The van der Waals surface area contributed by atoms with Gasteiger partial charge < -0.3 is 0 Å². The molecule has 1 heterocycles. The first-order valence-electron chi connectivity index (χ1n) is 3.51. The van der Waals surface area contributed by atoms with Crippen LogP contribution in [0.5, 0.6) is 0 Å². The minimum atomic E-state index is -3.96. The van der Waals surface area contributed by atoms with Gasteiger partial charge in [0.1, 0.15) is 0 Å². The summed E-state index contributed by atoms with van der Waals surface area (Å²) in [4.78, 5) is 3.37. The molecule has 0 saturated heterocycles. The monoisotopic (exact) mass is 241 g/mol. The second-order valence-corrected chi connectivity index (χ2v) is 5.11. The van der Waals surface area contributed by atoms with Crippen molar-refractivity contribution in [1.82, 2.24) is 4.98 Å². The molecule has 0 aromatic carbocycles. The summed E-state index contributed by atoms with van der Waals surface area (Å²) in [5.74, 6) is 0. The van der Waals surface area contributed by atoms with Gasteiger partial charge in [0, 0.05) is 22.4 Å². The van der Waals surface area contributed by atoms with Crippen LogP contribution in [0.15, 0.2) is 17.3 Å². The number of rotatable bonds is 2. The molecule has 0 aliphatic rings. The molecule has 78 valence electrons. The summed E-state index contributed by atoms with van der Waals surface area (Å²) in [5.41, 5.74) is -0.218. The van der Waals surface area contributed by atoms with Gasteiger partial charge in [-0.1, -0.05) is 0 Å². The smallest absolute Gasteiger partial charge is 0.243 e. The molecule has 1 rings (SSSR count). The van der Waals surface area contributed by atoms with Gasteiger partial charge in [0.05, 0.1) is 0 Å². The van der Waals surface area contributed by atoms with Crippen LogP contribution in [0.3, 0.4) is 0 Å². The highest BCUT2D eigenvalue weighted by atomic mass is 35.7. The van der Waals surface area contributed by atoms with Gasteiger partial charge in [-0.05, 0) is 18.6 Å². The van der Waals surface area contributed by atoms with E-state index >= 15 is 0 Å². The normalized spacial score (nSPS) is 12.1. The number of hydrogen-bond acceptors (Lipinski definition) is 3. The molecular weight excluding hydrogens is 236 g/mol. The van der Waals surface area contributed by atoms with Crippen molar-refractivity contribution >= 4 is 19.7 Å². The van der Waals surface area contributed by atoms with E-state index in [1.807, 2.05) is 0 Å². The number of hydrogen-bond donors (Lipinski definition) is 0. The van der Waals surface area contributed by atoms with Gasteiger partial charge in [0.2, 0.25) is 0 Å². The second kappa shape index (κ2) is 3.78. The molecule has 0 aliphatic heterocycles. The fourth-order valence-corrected chi connectivity index (χ4v) is 2.07. The number of pyridine rings is 1. The molecule has 0 fully saturated rings. The lowest BCUT2D eigenvalue weighted by atomic mass is 10.2. The summed E-state index contributed by atoms with van der Waals surface area (Å²) in [6.07, 6.45) is -1.87. The van der Waals surface area contributed by atoms with Crippen LogP contribution >= 0.6 is 10.7 Å². The van der Waals surface area contributed by atoms with E-state index in [0.29, 0.717) is 0 Å². The van der Waals surface area contributed by atoms with Gasteiger partial charge in [-0.2, -0.15) is 0 Å². The van der Waals surface area contributed by atoms with Crippen molar-refractivity contribution in [3.63, 3.8) is 0 Å². The molecule has 0 N–H and O–H groups in total. The van der Waals surface area contributed by atoms with Crippen molar-refractivity contribution in [3.05, 3.63) is 23.4 Å². The third-order valence-electron chi connectivity index (χ3n) is 1.53. The summed E-state index contributed by atoms with van der Waals surface area (Å²) < 4.78 is 46.0. The van der Waals surface area contributed by atoms with E-state index in [2.05, 4.69) is 4.98 Å². The van der Waals surface area contributed by atoms with Crippen LogP contribution in [0.25, 0.3) is 0 Å². The molecule has 14 heavy (non-hydrogen) atoms. The Morgan fingerprint density at radius 2 is 2.07 bits per heavy atom. The summed E-state index contributed by atoms with van der Waals surface area (Å²) in [6.45, 7) is 1.36. The molecular formula is C7H6ClF2NO2S. The molecule has 0 radical (unpaired) electrons. The van der Waals surface area contributed by atoms with Crippen LogP contribution in [0.2, 0.25) is 0 Å². The largest absolute Gasteiger partial charge is 0.278 e. The Labute approximate surface area is 84.1 Å². The number of alkyl halides is 2. The number of aryl methyl sites for hydroxylation is 1. The molecule has 0 saturated carbocycles. The van der Waals surface area contributed by atoms with Crippen LogP contribution in [0.4, 0.5) is 8.78 Å². The maximum Gasteiger partial charge on any atom is 0.278 e. The Balaban J connectivity index is 3.28. The van der Waals surface area contributed by atoms with Crippen molar-refractivity contribution < 1.29 is 17.2 Å². The average Bonchev–Trinajstić information content (AvgIpc) is 2.01. The lowest BCUT2D eigenvalue weighted by molar-refractivity contribution is 0.150. The van der Waals surface area contributed by atoms with Gasteiger partial charge in [-0.3, -0.25) is 0 Å². The quantitative estimate of drug-likeness (QED) is 0.746. The summed E-state index contributed by atoms with van der Waals surface area (Å²) in [6, 6.07) is 1.05. The SMILES string of the molecule is Cc1cc(C(F)F)cnc1S(=O)(=O)Cl. The maximum atomic E-state index is 12.2. The van der Waals surface area contributed by atoms with E-state index in [1.54, 1.807) is 0 Å². The predicted octanol–water partition coefficient (Wildman–Crippen LogP) is 2.26. The number of nitrogens with zero attached hydrogens (tertiary/aromatic N) is 1. The minimum Gasteiger partial charge on any atom is -0.243 e. The summed E-state index contributed by atoms with van der Waals surface area (Å²) in [5, 5.41) is -0.386. The predicted molar refractivity (Wildman–Crippen MR) is 47.0 cm³/mol. The second-order valence-electron chi connectivity index (χ2n) is 2.63. The van der Waals surface area contributed by atoms with Gasteiger partial charge in [-0.15, -0.1) is 0 Å². The van der Waals surface area contributed by atoms with Gasteiger partial charge in [0.15, 0.2) is 5.03 Å².